The summed E-state index contributed by atoms with van der Waals surface area (Å²) in [5.74, 6) is 0. The number of nitrogens with zero attached hydrogens (tertiary/aromatic N) is 3. The van der Waals surface area contributed by atoms with Crippen LogP contribution in [0, 0.1) is 6.92 Å². The van der Waals surface area contributed by atoms with Gasteiger partial charge in [0.25, 0.3) is 0 Å². The monoisotopic (exact) mass is 246 g/mol. The van der Waals surface area contributed by atoms with E-state index in [4.69, 9.17) is 4.98 Å². The molecule has 3 rings (SSSR count). The van der Waals surface area contributed by atoms with E-state index in [-0.39, 0.29) is 0 Å². The van der Waals surface area contributed by atoms with Crippen molar-refractivity contribution in [2.45, 2.75) is 13.3 Å². The molecule has 0 aliphatic carbocycles. The molecule has 4 heteroatoms. The molecule has 0 bridgehead atoms. The molecule has 1 aliphatic rings. The lowest BCUT2D eigenvalue weighted by atomic mass is 10.2. The summed E-state index contributed by atoms with van der Waals surface area (Å²) in [4.78, 5) is 7.09. The van der Waals surface area contributed by atoms with Crippen molar-refractivity contribution in [2.75, 3.05) is 31.1 Å². The van der Waals surface area contributed by atoms with Gasteiger partial charge in [-0.05, 0) is 31.0 Å². The molecule has 1 aromatic heterocycles. The smallest absolute Gasteiger partial charge is 0.186 e. The van der Waals surface area contributed by atoms with Crippen LogP contribution in [-0.2, 0) is 0 Å². The van der Waals surface area contributed by atoms with Crippen molar-refractivity contribution in [1.29, 1.82) is 0 Å². The third-order valence-corrected chi connectivity index (χ3v) is 4.15. The molecule has 2 aromatic rings. The normalized spacial score (nSPS) is 17.4. The van der Waals surface area contributed by atoms with Gasteiger partial charge in [0, 0.05) is 26.2 Å². The van der Waals surface area contributed by atoms with E-state index >= 15 is 0 Å². The van der Waals surface area contributed by atoms with E-state index in [0.717, 1.165) is 43.2 Å². The van der Waals surface area contributed by atoms with Crippen molar-refractivity contribution >= 4 is 26.7 Å². The van der Waals surface area contributed by atoms with Crippen LogP contribution in [0.2, 0.25) is 0 Å². The summed E-state index contributed by atoms with van der Waals surface area (Å²) in [6.45, 7) is 6.17. The number of thiazole rings is 1. The zero-order valence-corrected chi connectivity index (χ0v) is 10.8. The van der Waals surface area contributed by atoms with Crippen molar-refractivity contribution < 1.29 is 0 Å². The molecular weight excluding hydrogens is 230 g/mol. The Bertz CT molecular complexity index is 512. The highest BCUT2D eigenvalue weighted by molar-refractivity contribution is 7.22. The van der Waals surface area contributed by atoms with Gasteiger partial charge in [0.2, 0.25) is 0 Å². The Hall–Kier alpha value is -1.13. The van der Waals surface area contributed by atoms with E-state index in [1.165, 1.54) is 10.3 Å². The van der Waals surface area contributed by atoms with Gasteiger partial charge < -0.3 is 4.90 Å². The highest BCUT2D eigenvalue weighted by Crippen LogP contribution is 2.29. The maximum absolute atomic E-state index is 4.72. The second-order valence-corrected chi connectivity index (χ2v) is 5.49. The molecule has 0 amide bonds. The number of anilines is 1. The molecule has 0 spiro atoms. The highest BCUT2D eigenvalue weighted by Gasteiger charge is 2.14. The highest BCUT2D eigenvalue weighted by atomic mass is 32.1. The molecule has 1 saturated heterocycles. The summed E-state index contributed by atoms with van der Waals surface area (Å²) >= 11 is 1.80. The molecule has 2 heterocycles. The first-order chi connectivity index (χ1) is 8.33. The SMILES string of the molecule is Cc1ccc2nc(N3CCC[N]CC3)sc2c1. The molecule has 0 N–H and O–H groups in total. The van der Waals surface area contributed by atoms with Crippen LogP contribution >= 0.6 is 11.3 Å². The molecule has 1 radical (unpaired) electrons. The van der Waals surface area contributed by atoms with E-state index < -0.39 is 0 Å². The molecule has 1 aromatic carbocycles. The maximum atomic E-state index is 4.72. The molecule has 89 valence electrons. The second-order valence-electron chi connectivity index (χ2n) is 4.48. The summed E-state index contributed by atoms with van der Waals surface area (Å²) in [5, 5.41) is 5.61. The fraction of sp³-hybridized carbons (Fsp3) is 0.462. The molecule has 1 fully saturated rings. The lowest BCUT2D eigenvalue weighted by molar-refractivity contribution is 0.709. The van der Waals surface area contributed by atoms with Gasteiger partial charge in [-0.2, -0.15) is 0 Å². The third kappa shape index (κ3) is 2.28. The molecule has 1 aliphatic heterocycles. The molecule has 17 heavy (non-hydrogen) atoms. The summed E-state index contributed by atoms with van der Waals surface area (Å²) < 4.78 is 1.29. The van der Waals surface area contributed by atoms with Gasteiger partial charge >= 0.3 is 0 Å². The molecule has 0 saturated carbocycles. The van der Waals surface area contributed by atoms with Crippen LogP contribution < -0.4 is 10.2 Å². The van der Waals surface area contributed by atoms with Crippen molar-refractivity contribution in [2.24, 2.45) is 0 Å². The third-order valence-electron chi connectivity index (χ3n) is 3.08. The van der Waals surface area contributed by atoms with Gasteiger partial charge in [0.05, 0.1) is 10.2 Å². The first-order valence-electron chi connectivity index (χ1n) is 6.08. The van der Waals surface area contributed by atoms with Crippen LogP contribution in [0.1, 0.15) is 12.0 Å². The van der Waals surface area contributed by atoms with Crippen molar-refractivity contribution in [3.63, 3.8) is 0 Å². The van der Waals surface area contributed by atoms with Crippen LogP contribution in [0.4, 0.5) is 5.13 Å². The number of hydrogen-bond donors (Lipinski definition) is 0. The second kappa shape index (κ2) is 4.63. The van der Waals surface area contributed by atoms with Crippen molar-refractivity contribution in [1.82, 2.24) is 10.3 Å². The largest absolute Gasteiger partial charge is 0.347 e. The zero-order valence-electron chi connectivity index (χ0n) is 10.0. The number of fused-ring (bicyclic) bond motifs is 1. The Kier molecular flexibility index (Phi) is 2.99. The summed E-state index contributed by atoms with van der Waals surface area (Å²) in [7, 11) is 0. The minimum Gasteiger partial charge on any atom is -0.347 e. The van der Waals surface area contributed by atoms with Gasteiger partial charge in [-0.1, -0.05) is 17.4 Å². The minimum absolute atomic E-state index is 0.939. The Labute approximate surface area is 105 Å². The van der Waals surface area contributed by atoms with E-state index in [0.29, 0.717) is 0 Å². The van der Waals surface area contributed by atoms with E-state index in [2.05, 4.69) is 35.3 Å². The van der Waals surface area contributed by atoms with Crippen LogP contribution in [0.5, 0.6) is 0 Å². The fourth-order valence-corrected chi connectivity index (χ4v) is 3.25. The van der Waals surface area contributed by atoms with E-state index in [9.17, 15) is 0 Å². The van der Waals surface area contributed by atoms with Gasteiger partial charge in [-0.3, -0.25) is 0 Å². The predicted octanol–water partition coefficient (Wildman–Crippen LogP) is 2.42. The van der Waals surface area contributed by atoms with E-state index in [1.807, 2.05) is 0 Å². The number of benzene rings is 1. The van der Waals surface area contributed by atoms with E-state index in [1.54, 1.807) is 11.3 Å². The molecular formula is C13H16N3S. The molecule has 3 nitrogen and oxygen atoms in total. The summed E-state index contributed by atoms with van der Waals surface area (Å²) in [6.07, 6.45) is 1.15. The van der Waals surface area contributed by atoms with Crippen LogP contribution in [0.25, 0.3) is 10.2 Å². The number of hydrogen-bond acceptors (Lipinski definition) is 3. The van der Waals surface area contributed by atoms with Crippen molar-refractivity contribution in [3.8, 4) is 0 Å². The lowest BCUT2D eigenvalue weighted by Crippen LogP contribution is -2.26. The minimum atomic E-state index is 0.939. The number of aryl methyl sites for hydroxylation is 1. The quantitative estimate of drug-likeness (QED) is 0.773. The first kappa shape index (κ1) is 11.0. The molecule has 0 atom stereocenters. The standard InChI is InChI=1S/C13H16N3S/c1-10-3-4-11-12(9-10)17-13(15-11)16-7-2-5-14-6-8-16/h3-4,9H,2,5-8H2,1H3. The molecule has 0 unspecified atom stereocenters. The maximum Gasteiger partial charge on any atom is 0.186 e. The average Bonchev–Trinajstić information content (AvgIpc) is 2.57. The Morgan fingerprint density at radius 3 is 3.12 bits per heavy atom. The Morgan fingerprint density at radius 2 is 2.18 bits per heavy atom. The van der Waals surface area contributed by atoms with Gasteiger partial charge in [-0.15, -0.1) is 0 Å². The van der Waals surface area contributed by atoms with Gasteiger partial charge in [0.1, 0.15) is 0 Å². The average molecular weight is 246 g/mol. The topological polar surface area (TPSA) is 30.2 Å². The zero-order chi connectivity index (χ0) is 11.7. The first-order valence-corrected chi connectivity index (χ1v) is 6.90. The predicted molar refractivity (Wildman–Crippen MR) is 73.1 cm³/mol. The lowest BCUT2D eigenvalue weighted by Gasteiger charge is -2.17. The van der Waals surface area contributed by atoms with Gasteiger partial charge in [-0.25, -0.2) is 10.3 Å². The summed E-state index contributed by atoms with van der Waals surface area (Å²) in [6, 6.07) is 6.47. The number of aromatic nitrogens is 1. The van der Waals surface area contributed by atoms with Crippen LogP contribution in [0.15, 0.2) is 18.2 Å². The van der Waals surface area contributed by atoms with Crippen LogP contribution in [0.3, 0.4) is 0 Å². The van der Waals surface area contributed by atoms with Crippen LogP contribution in [-0.4, -0.2) is 31.2 Å². The fourth-order valence-electron chi connectivity index (χ4n) is 2.13. The Balaban J connectivity index is 1.93. The number of rotatable bonds is 1. The summed E-state index contributed by atoms with van der Waals surface area (Å²) in [5.41, 5.74) is 2.43. The Morgan fingerprint density at radius 1 is 1.24 bits per heavy atom. The van der Waals surface area contributed by atoms with Crippen molar-refractivity contribution in [3.05, 3.63) is 23.8 Å². The van der Waals surface area contributed by atoms with Gasteiger partial charge in [0.15, 0.2) is 5.13 Å².